The third kappa shape index (κ3) is 4.89. The minimum atomic E-state index is -3.73. The van der Waals surface area contributed by atoms with Crippen molar-refractivity contribution in [1.82, 2.24) is 10.6 Å². The average Bonchev–Trinajstić information content (AvgIpc) is 2.65. The lowest BCUT2D eigenvalue weighted by Crippen LogP contribution is -2.36. The van der Waals surface area contributed by atoms with Crippen molar-refractivity contribution in [2.45, 2.75) is 24.4 Å². The van der Waals surface area contributed by atoms with Crippen LogP contribution < -0.4 is 25.2 Å². The predicted molar refractivity (Wildman–Crippen MR) is 99.0 cm³/mol. The first-order chi connectivity index (χ1) is 12.8. The molecule has 0 fully saturated rings. The number of carbonyl (C=O) groups is 1. The Balaban J connectivity index is 1.54. The molecular formula is C18H21N3O5S. The molecule has 0 spiro atoms. The SMILES string of the molecule is C[C@H](NC(=O)NCc1ccc2c(c1)OCCO2)c1ccc(S(N)(=O)=O)cc1. The lowest BCUT2D eigenvalue weighted by atomic mass is 10.1. The molecule has 27 heavy (non-hydrogen) atoms. The van der Waals surface area contributed by atoms with Gasteiger partial charge in [-0.25, -0.2) is 18.4 Å². The largest absolute Gasteiger partial charge is 0.486 e. The summed E-state index contributed by atoms with van der Waals surface area (Å²) in [5.41, 5.74) is 1.65. The molecule has 1 aliphatic heterocycles. The van der Waals surface area contributed by atoms with E-state index in [4.69, 9.17) is 14.6 Å². The second-order valence-corrected chi connectivity index (χ2v) is 7.70. The van der Waals surface area contributed by atoms with E-state index >= 15 is 0 Å². The van der Waals surface area contributed by atoms with Gasteiger partial charge in [0, 0.05) is 6.54 Å². The number of benzene rings is 2. The summed E-state index contributed by atoms with van der Waals surface area (Å²) in [6, 6.07) is 10.9. The van der Waals surface area contributed by atoms with E-state index in [1.54, 1.807) is 19.1 Å². The van der Waals surface area contributed by atoms with Gasteiger partial charge in [-0.1, -0.05) is 18.2 Å². The van der Waals surface area contributed by atoms with E-state index in [0.29, 0.717) is 31.3 Å². The van der Waals surface area contributed by atoms with Gasteiger partial charge in [0.25, 0.3) is 0 Å². The molecule has 0 unspecified atom stereocenters. The number of nitrogens with one attached hydrogen (secondary N) is 2. The summed E-state index contributed by atoms with van der Waals surface area (Å²) in [5.74, 6) is 1.37. The molecule has 2 amide bonds. The number of primary sulfonamides is 1. The van der Waals surface area contributed by atoms with Crippen LogP contribution in [0, 0.1) is 0 Å². The lowest BCUT2D eigenvalue weighted by Gasteiger charge is -2.19. The molecule has 8 nitrogen and oxygen atoms in total. The second kappa shape index (κ2) is 7.85. The maximum absolute atomic E-state index is 12.1. The Kier molecular flexibility index (Phi) is 5.52. The molecule has 0 saturated carbocycles. The van der Waals surface area contributed by atoms with Crippen LogP contribution in [0.1, 0.15) is 24.1 Å². The van der Waals surface area contributed by atoms with Crippen LogP contribution in [0.25, 0.3) is 0 Å². The van der Waals surface area contributed by atoms with Crippen LogP contribution in [0.2, 0.25) is 0 Å². The van der Waals surface area contributed by atoms with E-state index in [-0.39, 0.29) is 17.0 Å². The van der Waals surface area contributed by atoms with Crippen LogP contribution in [0.3, 0.4) is 0 Å². The summed E-state index contributed by atoms with van der Waals surface area (Å²) in [7, 11) is -3.73. The minimum absolute atomic E-state index is 0.0292. The van der Waals surface area contributed by atoms with Gasteiger partial charge in [0.15, 0.2) is 11.5 Å². The number of fused-ring (bicyclic) bond motifs is 1. The van der Waals surface area contributed by atoms with E-state index in [0.717, 1.165) is 11.1 Å². The molecule has 0 aromatic heterocycles. The van der Waals surface area contributed by atoms with Gasteiger partial charge in [-0.15, -0.1) is 0 Å². The quantitative estimate of drug-likeness (QED) is 0.716. The first-order valence-corrected chi connectivity index (χ1v) is 9.93. The van der Waals surface area contributed by atoms with Crippen LogP contribution in [-0.2, 0) is 16.6 Å². The molecule has 144 valence electrons. The van der Waals surface area contributed by atoms with Gasteiger partial charge in [0.1, 0.15) is 13.2 Å². The molecular weight excluding hydrogens is 370 g/mol. The van der Waals surface area contributed by atoms with Crippen LogP contribution in [-0.4, -0.2) is 27.7 Å². The zero-order chi connectivity index (χ0) is 19.4. The van der Waals surface area contributed by atoms with Gasteiger partial charge in [-0.2, -0.15) is 0 Å². The maximum atomic E-state index is 12.1. The van der Waals surface area contributed by atoms with Gasteiger partial charge >= 0.3 is 6.03 Å². The maximum Gasteiger partial charge on any atom is 0.315 e. The van der Waals surface area contributed by atoms with Gasteiger partial charge in [-0.05, 0) is 42.3 Å². The van der Waals surface area contributed by atoms with Crippen LogP contribution >= 0.6 is 0 Å². The lowest BCUT2D eigenvalue weighted by molar-refractivity contribution is 0.171. The fraction of sp³-hybridized carbons (Fsp3) is 0.278. The van der Waals surface area contributed by atoms with Crippen molar-refractivity contribution in [3.05, 3.63) is 53.6 Å². The monoisotopic (exact) mass is 391 g/mol. The number of urea groups is 1. The molecule has 3 rings (SSSR count). The molecule has 2 aromatic rings. The molecule has 1 aliphatic rings. The first-order valence-electron chi connectivity index (χ1n) is 8.38. The van der Waals surface area contributed by atoms with Gasteiger partial charge in [0.2, 0.25) is 10.0 Å². The highest BCUT2D eigenvalue weighted by Crippen LogP contribution is 2.30. The Labute approximate surface area is 157 Å². The Morgan fingerprint density at radius 1 is 1.11 bits per heavy atom. The molecule has 0 bridgehead atoms. The smallest absolute Gasteiger partial charge is 0.315 e. The number of ether oxygens (including phenoxy) is 2. The highest BCUT2D eigenvalue weighted by Gasteiger charge is 2.14. The molecule has 9 heteroatoms. The van der Waals surface area contributed by atoms with E-state index < -0.39 is 10.0 Å². The molecule has 4 N–H and O–H groups in total. The summed E-state index contributed by atoms with van der Waals surface area (Å²) < 4.78 is 33.6. The van der Waals surface area contributed by atoms with Crippen LogP contribution in [0.5, 0.6) is 11.5 Å². The minimum Gasteiger partial charge on any atom is -0.486 e. The number of nitrogens with two attached hydrogens (primary N) is 1. The Morgan fingerprint density at radius 3 is 2.44 bits per heavy atom. The number of carbonyl (C=O) groups excluding carboxylic acids is 1. The molecule has 0 radical (unpaired) electrons. The van der Waals surface area contributed by atoms with E-state index in [1.807, 2.05) is 18.2 Å². The second-order valence-electron chi connectivity index (χ2n) is 6.14. The zero-order valence-corrected chi connectivity index (χ0v) is 15.6. The number of rotatable bonds is 5. The summed E-state index contributed by atoms with van der Waals surface area (Å²) in [5, 5.41) is 10.7. The molecule has 1 heterocycles. The zero-order valence-electron chi connectivity index (χ0n) is 14.8. The highest BCUT2D eigenvalue weighted by molar-refractivity contribution is 7.89. The van der Waals surface area contributed by atoms with Crippen molar-refractivity contribution >= 4 is 16.1 Å². The van der Waals surface area contributed by atoms with Crippen molar-refractivity contribution in [2.24, 2.45) is 5.14 Å². The number of amides is 2. The molecule has 2 aromatic carbocycles. The normalized spacial score (nSPS) is 14.3. The standard InChI is InChI=1S/C18H21N3O5S/c1-12(14-3-5-15(6-4-14)27(19,23)24)21-18(22)20-11-13-2-7-16-17(10-13)26-9-8-25-16/h2-7,10,12H,8-9,11H2,1H3,(H2,19,23,24)(H2,20,21,22)/t12-/m0/s1. The summed E-state index contributed by atoms with van der Waals surface area (Å²) in [6.45, 7) is 3.17. The van der Waals surface area contributed by atoms with Crippen molar-refractivity contribution < 1.29 is 22.7 Å². The molecule has 1 atom stereocenters. The van der Waals surface area contributed by atoms with Gasteiger partial charge in [-0.3, -0.25) is 0 Å². The van der Waals surface area contributed by atoms with Crippen molar-refractivity contribution in [2.75, 3.05) is 13.2 Å². The van der Waals surface area contributed by atoms with E-state index in [9.17, 15) is 13.2 Å². The topological polar surface area (TPSA) is 120 Å². The third-order valence-corrected chi connectivity index (χ3v) is 5.05. The summed E-state index contributed by atoms with van der Waals surface area (Å²) >= 11 is 0. The number of hydrogen-bond acceptors (Lipinski definition) is 5. The van der Waals surface area contributed by atoms with Gasteiger partial charge in [0.05, 0.1) is 10.9 Å². The van der Waals surface area contributed by atoms with Crippen molar-refractivity contribution in [3.8, 4) is 11.5 Å². The summed E-state index contributed by atoms with van der Waals surface area (Å²) in [4.78, 5) is 12.2. The summed E-state index contributed by atoms with van der Waals surface area (Å²) in [6.07, 6.45) is 0. The van der Waals surface area contributed by atoms with E-state index in [2.05, 4.69) is 10.6 Å². The number of sulfonamides is 1. The van der Waals surface area contributed by atoms with Crippen LogP contribution in [0.4, 0.5) is 4.79 Å². The Hall–Kier alpha value is -2.78. The highest BCUT2D eigenvalue weighted by atomic mass is 32.2. The molecule has 0 saturated heterocycles. The van der Waals surface area contributed by atoms with Crippen LogP contribution in [0.15, 0.2) is 47.4 Å². The van der Waals surface area contributed by atoms with Gasteiger partial charge < -0.3 is 20.1 Å². The Bertz CT molecular complexity index is 929. The molecule has 0 aliphatic carbocycles. The fourth-order valence-electron chi connectivity index (χ4n) is 2.66. The Morgan fingerprint density at radius 2 is 1.78 bits per heavy atom. The predicted octanol–water partition coefficient (Wildman–Crippen LogP) is 1.67. The fourth-order valence-corrected chi connectivity index (χ4v) is 3.17. The van der Waals surface area contributed by atoms with Crippen molar-refractivity contribution in [1.29, 1.82) is 0 Å². The first kappa shape index (κ1) is 19.0. The third-order valence-electron chi connectivity index (χ3n) is 4.12. The average molecular weight is 391 g/mol. The van der Waals surface area contributed by atoms with E-state index in [1.165, 1.54) is 12.1 Å². The number of hydrogen-bond donors (Lipinski definition) is 3. The van der Waals surface area contributed by atoms with Crippen molar-refractivity contribution in [3.63, 3.8) is 0 Å².